The van der Waals surface area contributed by atoms with E-state index in [0.29, 0.717) is 5.92 Å². The van der Waals surface area contributed by atoms with Gasteiger partial charge in [0.25, 0.3) is 0 Å². The lowest BCUT2D eigenvalue weighted by molar-refractivity contribution is -0.187. The molecule has 1 saturated heterocycles. The maximum absolute atomic E-state index is 5.17. The standard InChI is InChI=1S/C8H16.C6H12O2.CH4/c1-7-3-5-8(2)6-4-7;1-5-3-7-6(2)8-4-5;/h7-8H,3-6H2,1-2H3;5-6H,3-4H2,1-2H3;1H4. The third kappa shape index (κ3) is 7.77. The summed E-state index contributed by atoms with van der Waals surface area (Å²) in [5.41, 5.74) is 0. The first kappa shape index (κ1) is 16.9. The molecule has 0 unspecified atom stereocenters. The molecule has 0 N–H and O–H groups in total. The van der Waals surface area contributed by atoms with E-state index in [9.17, 15) is 0 Å². The second kappa shape index (κ2) is 8.93. The fourth-order valence-corrected chi connectivity index (χ4v) is 2.12. The highest BCUT2D eigenvalue weighted by Gasteiger charge is 2.14. The molecule has 0 spiro atoms. The smallest absolute Gasteiger partial charge is 0.154 e. The zero-order valence-electron chi connectivity index (χ0n) is 11.4. The van der Waals surface area contributed by atoms with Gasteiger partial charge in [-0.2, -0.15) is 0 Å². The van der Waals surface area contributed by atoms with Crippen LogP contribution in [0.5, 0.6) is 0 Å². The summed E-state index contributed by atoms with van der Waals surface area (Å²) in [6, 6.07) is 0. The van der Waals surface area contributed by atoms with Crippen molar-refractivity contribution in [3.8, 4) is 0 Å². The van der Waals surface area contributed by atoms with Crippen molar-refractivity contribution >= 4 is 0 Å². The predicted octanol–water partition coefficient (Wildman–Crippen LogP) is 4.48. The highest BCUT2D eigenvalue weighted by Crippen LogP contribution is 2.27. The number of hydrogen-bond acceptors (Lipinski definition) is 2. The first-order valence-corrected chi connectivity index (χ1v) is 6.81. The molecule has 0 aromatic heterocycles. The molecule has 0 aromatic carbocycles. The summed E-state index contributed by atoms with van der Waals surface area (Å²) in [4.78, 5) is 0. The van der Waals surface area contributed by atoms with Gasteiger partial charge in [0.1, 0.15) is 0 Å². The van der Waals surface area contributed by atoms with E-state index in [1.807, 2.05) is 6.92 Å². The van der Waals surface area contributed by atoms with Gasteiger partial charge in [0.2, 0.25) is 0 Å². The Morgan fingerprint density at radius 3 is 1.29 bits per heavy atom. The first-order valence-electron chi connectivity index (χ1n) is 6.81. The molecule has 2 aliphatic rings. The normalized spacial score (nSPS) is 37.4. The Labute approximate surface area is 108 Å². The summed E-state index contributed by atoms with van der Waals surface area (Å²) in [5.74, 6) is 2.61. The van der Waals surface area contributed by atoms with E-state index in [2.05, 4.69) is 20.8 Å². The molecule has 0 amide bonds. The lowest BCUT2D eigenvalue weighted by Gasteiger charge is -2.24. The van der Waals surface area contributed by atoms with E-state index in [1.54, 1.807) is 0 Å². The zero-order chi connectivity index (χ0) is 12.0. The zero-order valence-corrected chi connectivity index (χ0v) is 11.4. The van der Waals surface area contributed by atoms with Crippen LogP contribution >= 0.6 is 0 Å². The van der Waals surface area contributed by atoms with Crippen molar-refractivity contribution in [2.24, 2.45) is 17.8 Å². The van der Waals surface area contributed by atoms with Crippen LogP contribution in [-0.2, 0) is 9.47 Å². The Hall–Kier alpha value is -0.0800. The quantitative estimate of drug-likeness (QED) is 0.625. The third-order valence-electron chi connectivity index (χ3n) is 3.54. The Morgan fingerprint density at radius 2 is 1.00 bits per heavy atom. The van der Waals surface area contributed by atoms with Gasteiger partial charge < -0.3 is 9.47 Å². The van der Waals surface area contributed by atoms with Gasteiger partial charge in [-0.25, -0.2) is 0 Å². The van der Waals surface area contributed by atoms with Crippen molar-refractivity contribution in [2.45, 2.75) is 67.1 Å². The summed E-state index contributed by atoms with van der Waals surface area (Å²) in [6.07, 6.45) is 5.91. The molecule has 0 aromatic rings. The Bertz CT molecular complexity index is 126. The molecule has 1 aliphatic carbocycles. The van der Waals surface area contributed by atoms with Gasteiger partial charge in [-0.1, -0.05) is 53.9 Å². The molecule has 0 bridgehead atoms. The molecular weight excluding hydrogens is 212 g/mol. The molecule has 2 heteroatoms. The van der Waals surface area contributed by atoms with Crippen LogP contribution in [0.3, 0.4) is 0 Å². The Kier molecular flexibility index (Phi) is 8.89. The van der Waals surface area contributed by atoms with Crippen LogP contribution in [0.1, 0.15) is 60.8 Å². The summed E-state index contributed by atoms with van der Waals surface area (Å²) in [5, 5.41) is 0. The molecule has 17 heavy (non-hydrogen) atoms. The van der Waals surface area contributed by atoms with Gasteiger partial charge in [0.15, 0.2) is 6.29 Å². The minimum Gasteiger partial charge on any atom is -0.353 e. The van der Waals surface area contributed by atoms with Gasteiger partial charge in [0.05, 0.1) is 13.2 Å². The van der Waals surface area contributed by atoms with Crippen LogP contribution in [0.4, 0.5) is 0 Å². The highest BCUT2D eigenvalue weighted by atomic mass is 16.7. The molecule has 2 fully saturated rings. The van der Waals surface area contributed by atoms with E-state index in [1.165, 1.54) is 25.7 Å². The van der Waals surface area contributed by atoms with Crippen LogP contribution in [0.25, 0.3) is 0 Å². The van der Waals surface area contributed by atoms with Gasteiger partial charge in [-0.3, -0.25) is 0 Å². The number of ether oxygens (including phenoxy) is 2. The van der Waals surface area contributed by atoms with Gasteiger partial charge in [0, 0.05) is 5.92 Å². The Balaban J connectivity index is 0.000000284. The predicted molar refractivity (Wildman–Crippen MR) is 74.1 cm³/mol. The lowest BCUT2D eigenvalue weighted by atomic mass is 9.84. The minimum absolute atomic E-state index is 0. The van der Waals surface area contributed by atoms with Crippen molar-refractivity contribution in [3.63, 3.8) is 0 Å². The third-order valence-corrected chi connectivity index (χ3v) is 3.54. The van der Waals surface area contributed by atoms with Gasteiger partial charge in [-0.15, -0.1) is 0 Å². The monoisotopic (exact) mass is 244 g/mol. The fourth-order valence-electron chi connectivity index (χ4n) is 2.12. The van der Waals surface area contributed by atoms with Crippen molar-refractivity contribution in [3.05, 3.63) is 0 Å². The molecule has 1 saturated carbocycles. The largest absolute Gasteiger partial charge is 0.353 e. The van der Waals surface area contributed by atoms with E-state index < -0.39 is 0 Å². The maximum Gasteiger partial charge on any atom is 0.154 e. The van der Waals surface area contributed by atoms with Crippen LogP contribution in [-0.4, -0.2) is 19.5 Å². The van der Waals surface area contributed by atoms with E-state index >= 15 is 0 Å². The van der Waals surface area contributed by atoms with Crippen LogP contribution < -0.4 is 0 Å². The van der Waals surface area contributed by atoms with Gasteiger partial charge >= 0.3 is 0 Å². The van der Waals surface area contributed by atoms with Crippen molar-refractivity contribution in [1.82, 2.24) is 0 Å². The molecule has 2 rings (SSSR count). The molecule has 104 valence electrons. The average Bonchev–Trinajstić information content (AvgIpc) is 2.28. The van der Waals surface area contributed by atoms with Crippen molar-refractivity contribution in [1.29, 1.82) is 0 Å². The van der Waals surface area contributed by atoms with Crippen molar-refractivity contribution in [2.75, 3.05) is 13.2 Å². The molecule has 0 atom stereocenters. The summed E-state index contributed by atoms with van der Waals surface area (Å²) >= 11 is 0. The summed E-state index contributed by atoms with van der Waals surface area (Å²) in [7, 11) is 0. The summed E-state index contributed by atoms with van der Waals surface area (Å²) < 4.78 is 10.3. The van der Waals surface area contributed by atoms with Crippen LogP contribution in [0.2, 0.25) is 0 Å². The van der Waals surface area contributed by atoms with Gasteiger partial charge in [-0.05, 0) is 18.8 Å². The molecule has 1 aliphatic heterocycles. The molecule has 1 heterocycles. The topological polar surface area (TPSA) is 18.5 Å². The number of rotatable bonds is 0. The Morgan fingerprint density at radius 1 is 0.647 bits per heavy atom. The minimum atomic E-state index is 0. The fraction of sp³-hybridized carbons (Fsp3) is 1.00. The SMILES string of the molecule is C.CC1CCC(C)CC1.CC1COC(C)OC1. The van der Waals surface area contributed by atoms with Crippen LogP contribution in [0.15, 0.2) is 0 Å². The molecule has 0 radical (unpaired) electrons. The van der Waals surface area contributed by atoms with E-state index in [4.69, 9.17) is 9.47 Å². The average molecular weight is 244 g/mol. The van der Waals surface area contributed by atoms with E-state index in [0.717, 1.165) is 25.0 Å². The first-order chi connectivity index (χ1) is 7.58. The second-order valence-corrected chi connectivity index (χ2v) is 5.70. The molecule has 2 nitrogen and oxygen atoms in total. The number of hydrogen-bond donors (Lipinski definition) is 0. The molecular formula is C15H32O2. The van der Waals surface area contributed by atoms with E-state index in [-0.39, 0.29) is 13.7 Å². The maximum atomic E-state index is 5.17. The lowest BCUT2D eigenvalue weighted by Crippen LogP contribution is -2.27. The van der Waals surface area contributed by atoms with Crippen LogP contribution in [0, 0.1) is 17.8 Å². The second-order valence-electron chi connectivity index (χ2n) is 5.70. The van der Waals surface area contributed by atoms with Crippen molar-refractivity contribution < 1.29 is 9.47 Å². The highest BCUT2D eigenvalue weighted by molar-refractivity contribution is 4.65. The summed E-state index contributed by atoms with van der Waals surface area (Å²) in [6.45, 7) is 10.5.